The minimum atomic E-state index is 0.665. The Bertz CT molecular complexity index is 402. The van der Waals surface area contributed by atoms with E-state index < -0.39 is 0 Å². The van der Waals surface area contributed by atoms with Gasteiger partial charge in [-0.2, -0.15) is 0 Å². The summed E-state index contributed by atoms with van der Waals surface area (Å²) >= 11 is 0. The second-order valence-corrected chi connectivity index (χ2v) is 5.68. The van der Waals surface area contributed by atoms with Crippen LogP contribution in [0.2, 0.25) is 0 Å². The molecule has 0 radical (unpaired) electrons. The Balaban J connectivity index is 1.75. The molecule has 1 aromatic rings. The minimum Gasteiger partial charge on any atom is -0.314 e. The molecule has 3 rings (SSSR count). The Morgan fingerprint density at radius 1 is 1.28 bits per heavy atom. The largest absolute Gasteiger partial charge is 0.314 e. The Morgan fingerprint density at radius 2 is 2.17 bits per heavy atom. The third-order valence-electron chi connectivity index (χ3n) is 4.48. The molecule has 1 fully saturated rings. The first-order valence-electron chi connectivity index (χ1n) is 7.43. The molecule has 0 bridgehead atoms. The van der Waals surface area contributed by atoms with Gasteiger partial charge in [-0.15, -0.1) is 0 Å². The highest BCUT2D eigenvalue weighted by Gasteiger charge is 2.32. The lowest BCUT2D eigenvalue weighted by Gasteiger charge is -2.43. The van der Waals surface area contributed by atoms with E-state index in [2.05, 4.69) is 41.4 Å². The van der Waals surface area contributed by atoms with Crippen LogP contribution >= 0.6 is 0 Å². The summed E-state index contributed by atoms with van der Waals surface area (Å²) in [6.45, 7) is 5.93. The monoisotopic (exact) mass is 244 g/mol. The van der Waals surface area contributed by atoms with Crippen LogP contribution < -0.4 is 5.32 Å². The van der Waals surface area contributed by atoms with Crippen molar-refractivity contribution in [2.45, 2.75) is 44.7 Å². The van der Waals surface area contributed by atoms with Gasteiger partial charge in [-0.3, -0.25) is 4.90 Å². The van der Waals surface area contributed by atoms with Gasteiger partial charge in [-0.1, -0.05) is 31.2 Å². The highest BCUT2D eigenvalue weighted by molar-refractivity contribution is 5.33. The molecule has 0 amide bonds. The second-order valence-electron chi connectivity index (χ2n) is 5.68. The molecular formula is C16H24N2. The molecule has 0 saturated carbocycles. The SMILES string of the molecule is CCCNC1CCN2CCc3ccccc3C2C1. The van der Waals surface area contributed by atoms with E-state index in [0.29, 0.717) is 6.04 Å². The molecule has 1 aromatic carbocycles. The number of rotatable bonds is 3. The van der Waals surface area contributed by atoms with Crippen molar-refractivity contribution in [2.75, 3.05) is 19.6 Å². The van der Waals surface area contributed by atoms with Crippen LogP contribution in [0.1, 0.15) is 43.4 Å². The summed E-state index contributed by atoms with van der Waals surface area (Å²) in [6.07, 6.45) is 5.08. The molecule has 0 spiro atoms. The van der Waals surface area contributed by atoms with Crippen molar-refractivity contribution in [3.05, 3.63) is 35.4 Å². The molecule has 2 aliphatic rings. The Labute approximate surface area is 110 Å². The van der Waals surface area contributed by atoms with Crippen molar-refractivity contribution in [2.24, 2.45) is 0 Å². The number of hydrogen-bond donors (Lipinski definition) is 1. The maximum Gasteiger partial charge on any atom is 0.0365 e. The highest BCUT2D eigenvalue weighted by atomic mass is 15.2. The van der Waals surface area contributed by atoms with E-state index in [1.54, 1.807) is 11.1 Å². The van der Waals surface area contributed by atoms with Gasteiger partial charge in [-0.25, -0.2) is 0 Å². The quantitative estimate of drug-likeness (QED) is 0.879. The summed E-state index contributed by atoms with van der Waals surface area (Å²) in [5, 5.41) is 3.71. The Kier molecular flexibility index (Phi) is 3.67. The number of nitrogens with zero attached hydrogens (tertiary/aromatic N) is 1. The zero-order valence-electron chi connectivity index (χ0n) is 11.4. The molecule has 1 saturated heterocycles. The van der Waals surface area contributed by atoms with E-state index in [4.69, 9.17) is 0 Å². The van der Waals surface area contributed by atoms with E-state index >= 15 is 0 Å². The summed E-state index contributed by atoms with van der Waals surface area (Å²) in [6, 6.07) is 10.4. The fraction of sp³-hybridized carbons (Fsp3) is 0.625. The standard InChI is InChI=1S/C16H24N2/c1-2-9-17-14-8-11-18-10-7-13-5-3-4-6-15(13)16(18)12-14/h3-6,14,16-17H,2,7-12H2,1H3. The van der Waals surface area contributed by atoms with Gasteiger partial charge < -0.3 is 5.32 Å². The predicted molar refractivity (Wildman–Crippen MR) is 75.8 cm³/mol. The van der Waals surface area contributed by atoms with E-state index in [1.165, 1.54) is 45.3 Å². The zero-order valence-corrected chi connectivity index (χ0v) is 11.4. The molecule has 1 N–H and O–H groups in total. The molecule has 18 heavy (non-hydrogen) atoms. The van der Waals surface area contributed by atoms with Crippen LogP contribution in [-0.2, 0) is 6.42 Å². The summed E-state index contributed by atoms with van der Waals surface area (Å²) in [5.74, 6) is 0. The van der Waals surface area contributed by atoms with Gasteiger partial charge in [0, 0.05) is 25.2 Å². The van der Waals surface area contributed by atoms with Crippen LogP contribution in [0.15, 0.2) is 24.3 Å². The van der Waals surface area contributed by atoms with E-state index in [-0.39, 0.29) is 0 Å². The highest BCUT2D eigenvalue weighted by Crippen LogP contribution is 2.36. The molecule has 2 heterocycles. The van der Waals surface area contributed by atoms with Crippen molar-refractivity contribution < 1.29 is 0 Å². The molecule has 2 atom stereocenters. The number of fused-ring (bicyclic) bond motifs is 3. The summed E-state index contributed by atoms with van der Waals surface area (Å²) in [4.78, 5) is 2.69. The molecule has 2 unspecified atom stereocenters. The zero-order chi connectivity index (χ0) is 12.4. The topological polar surface area (TPSA) is 15.3 Å². The van der Waals surface area contributed by atoms with Gasteiger partial charge in [0.05, 0.1) is 0 Å². The third kappa shape index (κ3) is 2.32. The molecule has 2 nitrogen and oxygen atoms in total. The summed E-state index contributed by atoms with van der Waals surface area (Å²) in [7, 11) is 0. The second kappa shape index (κ2) is 5.41. The lowest BCUT2D eigenvalue weighted by atomic mass is 9.85. The van der Waals surface area contributed by atoms with Crippen molar-refractivity contribution in [3.8, 4) is 0 Å². The van der Waals surface area contributed by atoms with Gasteiger partial charge in [0.1, 0.15) is 0 Å². The van der Waals surface area contributed by atoms with E-state index in [9.17, 15) is 0 Å². The molecule has 2 aliphatic heterocycles. The molecule has 0 aromatic heterocycles. The number of hydrogen-bond acceptors (Lipinski definition) is 2. The fourth-order valence-electron chi connectivity index (χ4n) is 3.49. The van der Waals surface area contributed by atoms with Crippen molar-refractivity contribution in [1.82, 2.24) is 10.2 Å². The minimum absolute atomic E-state index is 0.665. The van der Waals surface area contributed by atoms with Crippen LogP contribution in [0.3, 0.4) is 0 Å². The van der Waals surface area contributed by atoms with Crippen molar-refractivity contribution in [3.63, 3.8) is 0 Å². The number of piperidine rings is 1. The van der Waals surface area contributed by atoms with Gasteiger partial charge in [0.2, 0.25) is 0 Å². The summed E-state index contributed by atoms with van der Waals surface area (Å²) in [5.41, 5.74) is 3.17. The van der Waals surface area contributed by atoms with Crippen molar-refractivity contribution >= 4 is 0 Å². The maximum atomic E-state index is 3.71. The lowest BCUT2D eigenvalue weighted by Crippen LogP contribution is -2.47. The van der Waals surface area contributed by atoms with Crippen LogP contribution in [0.4, 0.5) is 0 Å². The number of nitrogens with one attached hydrogen (secondary N) is 1. The third-order valence-corrected chi connectivity index (χ3v) is 4.48. The Morgan fingerprint density at radius 3 is 3.06 bits per heavy atom. The smallest absolute Gasteiger partial charge is 0.0365 e. The first-order chi connectivity index (χ1) is 8.88. The number of benzene rings is 1. The summed E-state index contributed by atoms with van der Waals surface area (Å²) < 4.78 is 0. The van der Waals surface area contributed by atoms with Crippen molar-refractivity contribution in [1.29, 1.82) is 0 Å². The molecule has 98 valence electrons. The lowest BCUT2D eigenvalue weighted by molar-refractivity contribution is 0.116. The van der Waals surface area contributed by atoms with Crippen LogP contribution in [0, 0.1) is 0 Å². The van der Waals surface area contributed by atoms with Crippen LogP contribution in [0.5, 0.6) is 0 Å². The molecule has 0 aliphatic carbocycles. The van der Waals surface area contributed by atoms with E-state index in [0.717, 1.165) is 6.04 Å². The average molecular weight is 244 g/mol. The van der Waals surface area contributed by atoms with Gasteiger partial charge in [-0.05, 0) is 43.4 Å². The first kappa shape index (κ1) is 12.2. The van der Waals surface area contributed by atoms with E-state index in [1.807, 2.05) is 0 Å². The van der Waals surface area contributed by atoms with Gasteiger partial charge >= 0.3 is 0 Å². The molecular weight excluding hydrogens is 220 g/mol. The Hall–Kier alpha value is -0.860. The molecule has 2 heteroatoms. The predicted octanol–water partition coefficient (Wildman–Crippen LogP) is 2.75. The normalized spacial score (nSPS) is 27.6. The first-order valence-corrected chi connectivity index (χ1v) is 7.43. The maximum absolute atomic E-state index is 3.71. The van der Waals surface area contributed by atoms with Crippen LogP contribution in [-0.4, -0.2) is 30.6 Å². The van der Waals surface area contributed by atoms with Crippen LogP contribution in [0.25, 0.3) is 0 Å². The fourth-order valence-corrected chi connectivity index (χ4v) is 3.49. The average Bonchev–Trinajstić information content (AvgIpc) is 2.45. The van der Waals surface area contributed by atoms with Gasteiger partial charge in [0.15, 0.2) is 0 Å². The van der Waals surface area contributed by atoms with Gasteiger partial charge in [0.25, 0.3) is 0 Å².